The Balaban J connectivity index is 2.08. The van der Waals surface area contributed by atoms with Gasteiger partial charge in [0.25, 0.3) is 0 Å². The summed E-state index contributed by atoms with van der Waals surface area (Å²) in [4.78, 5) is 11.1. The largest absolute Gasteiger partial charge is 0.377 e. The highest BCUT2D eigenvalue weighted by Gasteiger charge is 2.05. The summed E-state index contributed by atoms with van der Waals surface area (Å²) in [6, 6.07) is 0. The third-order valence-corrected chi connectivity index (χ3v) is 2.64. The van der Waals surface area contributed by atoms with Crippen molar-refractivity contribution in [1.82, 2.24) is 0 Å². The smallest absolute Gasteiger partial charge is 0.158 e. The molecule has 2 heteroatoms. The van der Waals surface area contributed by atoms with Crippen molar-refractivity contribution in [1.29, 1.82) is 0 Å². The molecule has 1 rings (SSSR count). The Kier molecular flexibility index (Phi) is 5.53. The van der Waals surface area contributed by atoms with Crippen molar-refractivity contribution >= 4 is 5.78 Å². The number of ether oxygens (including phenoxy) is 1. The molecule has 0 fully saturated rings. The molecule has 2 nitrogen and oxygen atoms in total. The van der Waals surface area contributed by atoms with E-state index in [0.717, 1.165) is 12.8 Å². The highest BCUT2D eigenvalue weighted by molar-refractivity contribution is 5.79. The van der Waals surface area contributed by atoms with Crippen LogP contribution in [-0.4, -0.2) is 19.5 Å². The quantitative estimate of drug-likeness (QED) is 0.611. The zero-order chi connectivity index (χ0) is 10.2. The molecular weight excluding hydrogens is 176 g/mol. The van der Waals surface area contributed by atoms with Crippen LogP contribution in [0.5, 0.6) is 0 Å². The van der Waals surface area contributed by atoms with E-state index in [2.05, 4.69) is 6.08 Å². The average molecular weight is 196 g/mol. The van der Waals surface area contributed by atoms with Gasteiger partial charge in [0, 0.05) is 13.5 Å². The van der Waals surface area contributed by atoms with E-state index in [9.17, 15) is 4.79 Å². The lowest BCUT2D eigenvalue weighted by molar-refractivity contribution is -0.122. The Morgan fingerprint density at radius 1 is 1.50 bits per heavy atom. The van der Waals surface area contributed by atoms with Gasteiger partial charge in [-0.05, 0) is 38.5 Å². The fourth-order valence-electron chi connectivity index (χ4n) is 1.88. The fourth-order valence-corrected chi connectivity index (χ4v) is 1.88. The van der Waals surface area contributed by atoms with Gasteiger partial charge in [0.15, 0.2) is 5.78 Å². The molecule has 0 radical (unpaired) electrons. The van der Waals surface area contributed by atoms with Crippen LogP contribution in [0.25, 0.3) is 0 Å². The van der Waals surface area contributed by atoms with Gasteiger partial charge in [0.1, 0.15) is 6.61 Å². The third-order valence-electron chi connectivity index (χ3n) is 2.64. The minimum atomic E-state index is 0.226. The van der Waals surface area contributed by atoms with Crippen molar-refractivity contribution in [3.8, 4) is 0 Å². The summed E-state index contributed by atoms with van der Waals surface area (Å²) in [5.41, 5.74) is 1.56. The first-order valence-electron chi connectivity index (χ1n) is 5.51. The lowest BCUT2D eigenvalue weighted by Gasteiger charge is -2.11. The number of Topliss-reactive ketones (excluding diaryl/α,β-unsaturated/α-hetero) is 1. The van der Waals surface area contributed by atoms with E-state index in [1.54, 1.807) is 12.7 Å². The van der Waals surface area contributed by atoms with Crippen molar-refractivity contribution in [2.24, 2.45) is 0 Å². The van der Waals surface area contributed by atoms with Gasteiger partial charge in [-0.15, -0.1) is 0 Å². The Bertz CT molecular complexity index is 206. The molecule has 14 heavy (non-hydrogen) atoms. The van der Waals surface area contributed by atoms with Crippen LogP contribution < -0.4 is 0 Å². The normalized spacial score (nSPS) is 16.5. The molecule has 1 aliphatic rings. The lowest BCUT2D eigenvalue weighted by atomic mass is 9.95. The zero-order valence-electron chi connectivity index (χ0n) is 9.05. The minimum absolute atomic E-state index is 0.226. The van der Waals surface area contributed by atoms with E-state index in [1.165, 1.54) is 25.7 Å². The minimum Gasteiger partial charge on any atom is -0.377 e. The standard InChI is InChI=1S/C12H20O2/c1-14-10-12(13)9-5-8-11-6-3-2-4-7-11/h6H,2-5,7-10H2,1H3. The Morgan fingerprint density at radius 3 is 3.00 bits per heavy atom. The van der Waals surface area contributed by atoms with Gasteiger partial charge in [0.05, 0.1) is 0 Å². The number of allylic oxidation sites excluding steroid dienone is 2. The summed E-state index contributed by atoms with van der Waals surface area (Å²) < 4.78 is 4.78. The van der Waals surface area contributed by atoms with Crippen molar-refractivity contribution in [2.75, 3.05) is 13.7 Å². The Hall–Kier alpha value is -0.630. The van der Waals surface area contributed by atoms with Crippen LogP contribution >= 0.6 is 0 Å². The maximum Gasteiger partial charge on any atom is 0.158 e. The van der Waals surface area contributed by atoms with Gasteiger partial charge in [-0.2, -0.15) is 0 Å². The third kappa shape index (κ3) is 4.56. The summed E-state index contributed by atoms with van der Waals surface area (Å²) in [6.07, 6.45) is 10.3. The second kappa shape index (κ2) is 6.77. The average Bonchev–Trinajstić information content (AvgIpc) is 2.20. The van der Waals surface area contributed by atoms with Crippen molar-refractivity contribution in [3.05, 3.63) is 11.6 Å². The van der Waals surface area contributed by atoms with Crippen LogP contribution in [0.4, 0.5) is 0 Å². The second-order valence-electron chi connectivity index (χ2n) is 3.93. The number of methoxy groups -OCH3 is 1. The summed E-state index contributed by atoms with van der Waals surface area (Å²) >= 11 is 0. The fraction of sp³-hybridized carbons (Fsp3) is 0.750. The van der Waals surface area contributed by atoms with Crippen molar-refractivity contribution in [2.45, 2.75) is 44.9 Å². The summed E-state index contributed by atoms with van der Waals surface area (Å²) in [5.74, 6) is 0.226. The van der Waals surface area contributed by atoms with E-state index in [1.807, 2.05) is 0 Å². The zero-order valence-corrected chi connectivity index (χ0v) is 9.05. The SMILES string of the molecule is COCC(=O)CCCC1=CCCCC1. The first-order chi connectivity index (χ1) is 6.83. The number of carbonyl (C=O) groups is 1. The first kappa shape index (κ1) is 11.4. The molecule has 1 aliphatic carbocycles. The van der Waals surface area contributed by atoms with E-state index >= 15 is 0 Å². The van der Waals surface area contributed by atoms with Crippen LogP contribution in [0, 0.1) is 0 Å². The number of ketones is 1. The molecule has 0 saturated heterocycles. The maximum atomic E-state index is 11.1. The molecular formula is C12H20O2. The number of rotatable bonds is 6. The highest BCUT2D eigenvalue weighted by atomic mass is 16.5. The molecule has 0 aromatic heterocycles. The molecule has 0 aromatic carbocycles. The van der Waals surface area contributed by atoms with Crippen LogP contribution in [0.2, 0.25) is 0 Å². The molecule has 0 atom stereocenters. The van der Waals surface area contributed by atoms with Crippen LogP contribution in [-0.2, 0) is 9.53 Å². The summed E-state index contributed by atoms with van der Waals surface area (Å²) in [7, 11) is 1.57. The van der Waals surface area contributed by atoms with Gasteiger partial charge < -0.3 is 4.74 Å². The van der Waals surface area contributed by atoms with Crippen LogP contribution in [0.3, 0.4) is 0 Å². The second-order valence-corrected chi connectivity index (χ2v) is 3.93. The molecule has 0 heterocycles. The van der Waals surface area contributed by atoms with Crippen LogP contribution in [0.1, 0.15) is 44.9 Å². The van der Waals surface area contributed by atoms with Crippen molar-refractivity contribution < 1.29 is 9.53 Å². The lowest BCUT2D eigenvalue weighted by Crippen LogP contribution is -2.06. The van der Waals surface area contributed by atoms with Gasteiger partial charge in [0.2, 0.25) is 0 Å². The predicted molar refractivity (Wildman–Crippen MR) is 57.3 cm³/mol. The van der Waals surface area contributed by atoms with Gasteiger partial charge >= 0.3 is 0 Å². The topological polar surface area (TPSA) is 26.3 Å². The van der Waals surface area contributed by atoms with Gasteiger partial charge in [-0.3, -0.25) is 4.79 Å². The number of carbonyl (C=O) groups excluding carboxylic acids is 1. The van der Waals surface area contributed by atoms with E-state index < -0.39 is 0 Å². The number of hydrogen-bond donors (Lipinski definition) is 0. The Morgan fingerprint density at radius 2 is 2.36 bits per heavy atom. The van der Waals surface area contributed by atoms with E-state index in [4.69, 9.17) is 4.74 Å². The summed E-state index contributed by atoms with van der Waals surface area (Å²) in [6.45, 7) is 0.277. The molecule has 0 unspecified atom stereocenters. The van der Waals surface area contributed by atoms with Gasteiger partial charge in [-0.1, -0.05) is 11.6 Å². The summed E-state index contributed by atoms with van der Waals surface area (Å²) in [5, 5.41) is 0. The highest BCUT2D eigenvalue weighted by Crippen LogP contribution is 2.21. The first-order valence-corrected chi connectivity index (χ1v) is 5.51. The monoisotopic (exact) mass is 196 g/mol. The van der Waals surface area contributed by atoms with Gasteiger partial charge in [-0.25, -0.2) is 0 Å². The number of hydrogen-bond acceptors (Lipinski definition) is 2. The van der Waals surface area contributed by atoms with E-state index in [-0.39, 0.29) is 12.4 Å². The molecule has 0 bridgehead atoms. The Labute approximate surface area is 86.3 Å². The molecule has 80 valence electrons. The molecule has 0 saturated carbocycles. The maximum absolute atomic E-state index is 11.1. The molecule has 0 amide bonds. The predicted octanol–water partition coefficient (Wildman–Crippen LogP) is 2.87. The molecule has 0 aromatic rings. The van der Waals surface area contributed by atoms with E-state index in [0.29, 0.717) is 6.42 Å². The molecule has 0 aliphatic heterocycles. The molecule has 0 spiro atoms. The van der Waals surface area contributed by atoms with Crippen LogP contribution in [0.15, 0.2) is 11.6 Å². The van der Waals surface area contributed by atoms with Crippen molar-refractivity contribution in [3.63, 3.8) is 0 Å². The molecule has 0 N–H and O–H groups in total.